The molecule has 3 N–H and O–H groups in total. The van der Waals surface area contributed by atoms with Crippen molar-refractivity contribution in [3.63, 3.8) is 0 Å². The maximum Gasteiger partial charge on any atom is 0.305 e. The van der Waals surface area contributed by atoms with Crippen LogP contribution in [0.2, 0.25) is 0 Å². The third kappa shape index (κ3) is 47.6. The summed E-state index contributed by atoms with van der Waals surface area (Å²) in [6, 6.07) is -0.547. The molecule has 6 heteroatoms. The largest absolute Gasteiger partial charge is 0.466 e. The fourth-order valence-corrected chi connectivity index (χ4v) is 8.19. The number of carbonyl (C=O) groups excluding carboxylic acids is 2. The molecule has 2 unspecified atom stereocenters. The van der Waals surface area contributed by atoms with Gasteiger partial charge in [-0.05, 0) is 83.5 Å². The van der Waals surface area contributed by atoms with Gasteiger partial charge in [0.25, 0.3) is 0 Å². The smallest absolute Gasteiger partial charge is 0.305 e. The molecule has 0 aromatic heterocycles. The number of nitrogens with one attached hydrogen (secondary N) is 1. The van der Waals surface area contributed by atoms with E-state index in [1.54, 1.807) is 0 Å². The van der Waals surface area contributed by atoms with E-state index in [4.69, 9.17) is 4.74 Å². The molecule has 0 aliphatic rings. The van der Waals surface area contributed by atoms with E-state index in [2.05, 4.69) is 55.6 Å². The number of amides is 1. The molecule has 0 bridgehead atoms. The molecule has 0 radical (unpaired) electrons. The van der Waals surface area contributed by atoms with Gasteiger partial charge >= 0.3 is 5.97 Å². The molecule has 0 aromatic rings. The predicted octanol–water partition coefficient (Wildman–Crippen LogP) is 16.5. The number of unbranched alkanes of at least 4 members (excludes halogenated alkanes) is 33. The summed E-state index contributed by atoms with van der Waals surface area (Å²) in [6.07, 6.45) is 62.8. The summed E-state index contributed by atoms with van der Waals surface area (Å²) >= 11 is 0. The quantitative estimate of drug-likeness (QED) is 0.0321. The van der Waals surface area contributed by atoms with E-state index in [-0.39, 0.29) is 18.5 Å². The molecule has 2 atom stereocenters. The Kier molecular flexibility index (Phi) is 50.1. The number of carbonyl (C=O) groups is 2. The average Bonchev–Trinajstić information content (AvgIpc) is 3.27. The summed E-state index contributed by atoms with van der Waals surface area (Å²) in [5.74, 6) is -0.0513. The maximum absolute atomic E-state index is 12.4. The van der Waals surface area contributed by atoms with Crippen LogP contribution in [0.5, 0.6) is 0 Å². The van der Waals surface area contributed by atoms with Crippen LogP contribution in [0.4, 0.5) is 0 Å². The van der Waals surface area contributed by atoms with Crippen molar-refractivity contribution in [1.82, 2.24) is 5.32 Å². The SMILES string of the molecule is CCCCC/C=C\CCCCCCCC(=O)OCCCCCCCCCCC/C=C\C/C=C\CCCCCCCCCC(=O)NC(CO)C(O)CCCCCCCCCCCC. The minimum atomic E-state index is -0.669. The predicted molar refractivity (Wildman–Crippen MR) is 269 cm³/mol. The number of hydrogen-bond donors (Lipinski definition) is 3. The Morgan fingerprint density at radius 3 is 1.27 bits per heavy atom. The molecule has 0 aliphatic heterocycles. The fraction of sp³-hybridized carbons (Fsp3) is 0.857. The van der Waals surface area contributed by atoms with Crippen LogP contribution in [0.3, 0.4) is 0 Å². The van der Waals surface area contributed by atoms with Crippen LogP contribution >= 0.6 is 0 Å². The minimum Gasteiger partial charge on any atom is -0.466 e. The lowest BCUT2D eigenvalue weighted by atomic mass is 10.0. The average molecular weight is 872 g/mol. The van der Waals surface area contributed by atoms with Crippen molar-refractivity contribution in [3.8, 4) is 0 Å². The van der Waals surface area contributed by atoms with Crippen molar-refractivity contribution in [1.29, 1.82) is 0 Å². The van der Waals surface area contributed by atoms with E-state index in [1.807, 2.05) is 0 Å². The molecule has 0 aliphatic carbocycles. The highest BCUT2D eigenvalue weighted by molar-refractivity contribution is 5.76. The summed E-state index contributed by atoms with van der Waals surface area (Å²) in [5, 5.41) is 23.1. The zero-order valence-corrected chi connectivity index (χ0v) is 41.4. The molecule has 0 rings (SSSR count). The van der Waals surface area contributed by atoms with Crippen LogP contribution in [0.1, 0.15) is 284 Å². The topological polar surface area (TPSA) is 95.9 Å². The van der Waals surface area contributed by atoms with Gasteiger partial charge in [-0.15, -0.1) is 0 Å². The highest BCUT2D eigenvalue weighted by Gasteiger charge is 2.20. The monoisotopic (exact) mass is 872 g/mol. The van der Waals surface area contributed by atoms with Crippen molar-refractivity contribution in [2.75, 3.05) is 13.2 Å². The molecule has 0 aromatic carbocycles. The Bertz CT molecular complexity index is 1010. The van der Waals surface area contributed by atoms with Crippen LogP contribution < -0.4 is 5.32 Å². The van der Waals surface area contributed by atoms with Gasteiger partial charge in [0.15, 0.2) is 0 Å². The first-order valence-electron chi connectivity index (χ1n) is 27.2. The third-order valence-corrected chi connectivity index (χ3v) is 12.4. The van der Waals surface area contributed by atoms with Crippen LogP contribution in [0, 0.1) is 0 Å². The first-order chi connectivity index (χ1) is 30.5. The van der Waals surface area contributed by atoms with Crippen LogP contribution in [-0.4, -0.2) is 47.4 Å². The van der Waals surface area contributed by atoms with Crippen LogP contribution in [-0.2, 0) is 14.3 Å². The second-order valence-electron chi connectivity index (χ2n) is 18.6. The minimum absolute atomic E-state index is 0.00366. The molecule has 364 valence electrons. The third-order valence-electron chi connectivity index (χ3n) is 12.4. The fourth-order valence-electron chi connectivity index (χ4n) is 8.19. The molecule has 0 spiro atoms. The molecule has 0 saturated carbocycles. The van der Waals surface area contributed by atoms with Crippen molar-refractivity contribution >= 4 is 11.9 Å². The number of aliphatic hydroxyl groups is 2. The maximum atomic E-state index is 12.4. The molecule has 0 saturated heterocycles. The Hall–Kier alpha value is -1.92. The molecule has 1 amide bonds. The van der Waals surface area contributed by atoms with Gasteiger partial charge in [-0.1, -0.05) is 224 Å². The zero-order chi connectivity index (χ0) is 45.1. The second kappa shape index (κ2) is 51.7. The highest BCUT2D eigenvalue weighted by Crippen LogP contribution is 2.16. The number of rotatable bonds is 50. The lowest BCUT2D eigenvalue weighted by Gasteiger charge is -2.22. The zero-order valence-electron chi connectivity index (χ0n) is 41.4. The Morgan fingerprint density at radius 1 is 0.452 bits per heavy atom. The summed E-state index contributed by atoms with van der Waals surface area (Å²) < 4.78 is 5.45. The molecular formula is C56H105NO5. The number of esters is 1. The standard InChI is InChI=1S/C56H105NO5/c1-3-5-7-9-11-13-15-30-34-38-42-46-50-56(61)62-51-47-43-39-35-31-28-26-24-22-20-18-16-17-19-21-23-25-27-29-33-37-41-45-49-55(60)57-53(52-58)54(59)48-44-40-36-32-14-12-10-8-6-4-2/h11,13,16,18-19,21,53-54,58-59H,3-10,12,14-15,17,20,22-52H2,1-2H3,(H,57,60)/b13-11-,18-16-,21-19-. The number of hydrogen-bond acceptors (Lipinski definition) is 5. The first kappa shape index (κ1) is 60.1. The van der Waals surface area contributed by atoms with Crippen molar-refractivity contribution in [3.05, 3.63) is 36.5 Å². The van der Waals surface area contributed by atoms with E-state index in [0.29, 0.717) is 25.9 Å². The normalized spacial score (nSPS) is 12.9. The number of allylic oxidation sites excluding steroid dienone is 6. The Labute approximate surface area is 385 Å². The summed E-state index contributed by atoms with van der Waals surface area (Å²) in [5.41, 5.74) is 0. The molecule has 6 nitrogen and oxygen atoms in total. The second-order valence-corrected chi connectivity index (χ2v) is 18.6. The van der Waals surface area contributed by atoms with Gasteiger partial charge in [0, 0.05) is 12.8 Å². The van der Waals surface area contributed by atoms with E-state index in [1.165, 1.54) is 193 Å². The molecular weight excluding hydrogens is 767 g/mol. The van der Waals surface area contributed by atoms with Gasteiger partial charge in [-0.3, -0.25) is 9.59 Å². The van der Waals surface area contributed by atoms with Gasteiger partial charge in [0.2, 0.25) is 5.91 Å². The number of ether oxygens (including phenoxy) is 1. The summed E-state index contributed by atoms with van der Waals surface area (Å²) in [4.78, 5) is 24.4. The van der Waals surface area contributed by atoms with Crippen LogP contribution in [0.25, 0.3) is 0 Å². The Morgan fingerprint density at radius 2 is 0.806 bits per heavy atom. The van der Waals surface area contributed by atoms with E-state index >= 15 is 0 Å². The lowest BCUT2D eigenvalue weighted by molar-refractivity contribution is -0.143. The van der Waals surface area contributed by atoms with Crippen molar-refractivity contribution in [2.24, 2.45) is 0 Å². The molecule has 62 heavy (non-hydrogen) atoms. The van der Waals surface area contributed by atoms with E-state index in [9.17, 15) is 19.8 Å². The molecule has 0 fully saturated rings. The van der Waals surface area contributed by atoms with E-state index in [0.717, 1.165) is 57.8 Å². The van der Waals surface area contributed by atoms with Gasteiger partial charge in [0.1, 0.15) is 0 Å². The van der Waals surface area contributed by atoms with Gasteiger partial charge in [-0.25, -0.2) is 0 Å². The molecule has 0 heterocycles. The van der Waals surface area contributed by atoms with Gasteiger partial charge in [0.05, 0.1) is 25.4 Å². The summed E-state index contributed by atoms with van der Waals surface area (Å²) in [7, 11) is 0. The number of aliphatic hydroxyl groups excluding tert-OH is 2. The summed E-state index contributed by atoms with van der Waals surface area (Å²) in [6.45, 7) is 4.90. The first-order valence-corrected chi connectivity index (χ1v) is 27.2. The van der Waals surface area contributed by atoms with Crippen LogP contribution in [0.15, 0.2) is 36.5 Å². The van der Waals surface area contributed by atoms with Gasteiger partial charge in [-0.2, -0.15) is 0 Å². The van der Waals surface area contributed by atoms with Crippen molar-refractivity contribution < 1.29 is 24.5 Å². The Balaban J connectivity index is 3.44. The van der Waals surface area contributed by atoms with Crippen molar-refractivity contribution in [2.45, 2.75) is 296 Å². The van der Waals surface area contributed by atoms with Gasteiger partial charge < -0.3 is 20.3 Å². The van der Waals surface area contributed by atoms with E-state index < -0.39 is 12.1 Å². The lowest BCUT2D eigenvalue weighted by Crippen LogP contribution is -2.45. The highest BCUT2D eigenvalue weighted by atomic mass is 16.5.